The second-order valence-electron chi connectivity index (χ2n) is 6.94. The summed E-state index contributed by atoms with van der Waals surface area (Å²) >= 11 is 0. The van der Waals surface area contributed by atoms with Crippen molar-refractivity contribution in [1.29, 1.82) is 0 Å². The maximum Gasteiger partial charge on any atom is 0.410 e. The summed E-state index contributed by atoms with van der Waals surface area (Å²) in [7, 11) is 1.41. The Kier molecular flexibility index (Phi) is 5.03. The molecule has 0 unspecified atom stereocenters. The van der Waals surface area contributed by atoms with Gasteiger partial charge in [-0.05, 0) is 22.3 Å². The molecule has 0 saturated carbocycles. The Balaban J connectivity index is 1.48. The molecule has 29 heavy (non-hydrogen) atoms. The van der Waals surface area contributed by atoms with Crippen LogP contribution in [0.2, 0.25) is 0 Å². The Morgan fingerprint density at radius 2 is 1.76 bits per heavy atom. The van der Waals surface area contributed by atoms with Gasteiger partial charge in [0.15, 0.2) is 6.39 Å². The third-order valence-electron chi connectivity index (χ3n) is 5.25. The Labute approximate surface area is 167 Å². The minimum Gasteiger partial charge on any atom is -0.480 e. The van der Waals surface area contributed by atoms with Gasteiger partial charge in [0.05, 0.1) is 6.20 Å². The van der Waals surface area contributed by atoms with E-state index in [2.05, 4.69) is 17.1 Å². The normalized spacial score (nSPS) is 13.4. The van der Waals surface area contributed by atoms with Crippen molar-refractivity contribution in [3.8, 4) is 11.1 Å². The lowest BCUT2D eigenvalue weighted by Crippen LogP contribution is -2.44. The Morgan fingerprint density at radius 1 is 1.14 bits per heavy atom. The molecule has 1 heterocycles. The van der Waals surface area contributed by atoms with Crippen LogP contribution in [-0.2, 0) is 16.0 Å². The van der Waals surface area contributed by atoms with Crippen LogP contribution in [0.1, 0.15) is 22.8 Å². The van der Waals surface area contributed by atoms with E-state index in [4.69, 9.17) is 9.15 Å². The number of fused-ring (bicyclic) bond motifs is 3. The highest BCUT2D eigenvalue weighted by molar-refractivity contribution is 5.81. The Hall–Kier alpha value is -3.61. The lowest BCUT2D eigenvalue weighted by Gasteiger charge is -2.24. The van der Waals surface area contributed by atoms with Gasteiger partial charge in [0.2, 0.25) is 0 Å². The highest BCUT2D eigenvalue weighted by Crippen LogP contribution is 2.44. The molecule has 1 aromatic heterocycles. The summed E-state index contributed by atoms with van der Waals surface area (Å²) in [5, 5.41) is 9.52. The van der Waals surface area contributed by atoms with Crippen LogP contribution in [0.15, 0.2) is 65.5 Å². The first-order chi connectivity index (χ1) is 14.1. The van der Waals surface area contributed by atoms with Gasteiger partial charge in [0.1, 0.15) is 18.4 Å². The highest BCUT2D eigenvalue weighted by Gasteiger charge is 2.32. The predicted molar refractivity (Wildman–Crippen MR) is 104 cm³/mol. The fourth-order valence-electron chi connectivity index (χ4n) is 3.75. The number of ether oxygens (including phenoxy) is 1. The van der Waals surface area contributed by atoms with Crippen molar-refractivity contribution >= 4 is 12.1 Å². The lowest BCUT2D eigenvalue weighted by molar-refractivity contribution is -0.142. The van der Waals surface area contributed by atoms with Crippen molar-refractivity contribution in [1.82, 2.24) is 9.88 Å². The predicted octanol–water partition coefficient (Wildman–Crippen LogP) is 3.55. The number of hydrogen-bond acceptors (Lipinski definition) is 5. The third-order valence-corrected chi connectivity index (χ3v) is 5.25. The molecule has 1 amide bonds. The molecule has 0 aliphatic heterocycles. The number of carboxylic acids is 1. The topological polar surface area (TPSA) is 92.9 Å². The monoisotopic (exact) mass is 392 g/mol. The van der Waals surface area contributed by atoms with Gasteiger partial charge >= 0.3 is 12.1 Å². The average Bonchev–Trinajstić information content (AvgIpc) is 3.36. The smallest absolute Gasteiger partial charge is 0.410 e. The van der Waals surface area contributed by atoms with Crippen LogP contribution in [-0.4, -0.2) is 46.7 Å². The zero-order chi connectivity index (χ0) is 20.4. The van der Waals surface area contributed by atoms with E-state index in [1.807, 2.05) is 36.4 Å². The average molecular weight is 392 g/mol. The Morgan fingerprint density at radius 3 is 2.31 bits per heavy atom. The van der Waals surface area contributed by atoms with Gasteiger partial charge in [-0.3, -0.25) is 4.90 Å². The number of likely N-dealkylation sites (N-methyl/N-ethyl adjacent to an activating group) is 1. The quantitative estimate of drug-likeness (QED) is 0.690. The number of aromatic nitrogens is 1. The number of carbonyl (C=O) groups excluding carboxylic acids is 1. The molecule has 0 fully saturated rings. The lowest BCUT2D eigenvalue weighted by atomic mass is 9.98. The number of carboxylic acid groups (broad SMARTS) is 1. The molecule has 1 atom stereocenters. The van der Waals surface area contributed by atoms with Crippen LogP contribution in [0.4, 0.5) is 4.79 Å². The van der Waals surface area contributed by atoms with Gasteiger partial charge in [-0.1, -0.05) is 48.5 Å². The molecule has 3 aromatic rings. The SMILES string of the molecule is CN(C(=O)OCC1c2ccccc2-c2ccccc21)[C@@H](Cc1cnco1)C(=O)O. The van der Waals surface area contributed by atoms with Crippen molar-refractivity contribution in [2.45, 2.75) is 18.4 Å². The number of carbonyl (C=O) groups is 2. The summed E-state index contributed by atoms with van der Waals surface area (Å²) in [6.07, 6.45) is 1.97. The van der Waals surface area contributed by atoms with E-state index >= 15 is 0 Å². The molecule has 0 radical (unpaired) electrons. The van der Waals surface area contributed by atoms with Crippen molar-refractivity contribution in [2.75, 3.05) is 13.7 Å². The van der Waals surface area contributed by atoms with Gasteiger partial charge in [-0.2, -0.15) is 0 Å². The molecular weight excluding hydrogens is 372 g/mol. The molecule has 7 nitrogen and oxygen atoms in total. The fraction of sp³-hybridized carbons (Fsp3) is 0.227. The first-order valence-corrected chi connectivity index (χ1v) is 9.24. The summed E-state index contributed by atoms with van der Waals surface area (Å²) in [5.74, 6) is -0.842. The number of oxazole rings is 1. The molecule has 2 aromatic carbocycles. The zero-order valence-corrected chi connectivity index (χ0v) is 15.8. The van der Waals surface area contributed by atoms with Gasteiger partial charge in [-0.25, -0.2) is 14.6 Å². The largest absolute Gasteiger partial charge is 0.480 e. The first kappa shape index (κ1) is 18.7. The molecule has 1 N–H and O–H groups in total. The van der Waals surface area contributed by atoms with Crippen LogP contribution in [0.25, 0.3) is 11.1 Å². The first-order valence-electron chi connectivity index (χ1n) is 9.24. The second-order valence-corrected chi connectivity index (χ2v) is 6.94. The summed E-state index contributed by atoms with van der Waals surface area (Å²) < 4.78 is 10.6. The van der Waals surface area contributed by atoms with E-state index in [0.29, 0.717) is 5.76 Å². The molecule has 7 heteroatoms. The van der Waals surface area contributed by atoms with E-state index in [1.54, 1.807) is 0 Å². The highest BCUT2D eigenvalue weighted by atomic mass is 16.6. The van der Waals surface area contributed by atoms with Crippen LogP contribution in [0.5, 0.6) is 0 Å². The molecular formula is C22H20N2O5. The third kappa shape index (κ3) is 3.59. The second kappa shape index (κ2) is 7.79. The zero-order valence-electron chi connectivity index (χ0n) is 15.8. The van der Waals surface area contributed by atoms with E-state index in [0.717, 1.165) is 27.2 Å². The van der Waals surface area contributed by atoms with Crippen LogP contribution < -0.4 is 0 Å². The van der Waals surface area contributed by atoms with Gasteiger partial charge < -0.3 is 14.3 Å². The summed E-state index contributed by atoms with van der Waals surface area (Å²) in [6.45, 7) is 0.131. The summed E-state index contributed by atoms with van der Waals surface area (Å²) in [4.78, 5) is 29.1. The molecule has 1 aliphatic carbocycles. The maximum absolute atomic E-state index is 12.6. The van der Waals surface area contributed by atoms with Crippen molar-refractivity contribution in [3.63, 3.8) is 0 Å². The van der Waals surface area contributed by atoms with Gasteiger partial charge in [0, 0.05) is 19.4 Å². The van der Waals surface area contributed by atoms with Crippen molar-refractivity contribution in [3.05, 3.63) is 78.0 Å². The summed E-state index contributed by atoms with van der Waals surface area (Å²) in [6, 6.07) is 15.0. The number of nitrogens with zero attached hydrogens (tertiary/aromatic N) is 2. The molecule has 148 valence electrons. The minimum absolute atomic E-state index is 0.00995. The fourth-order valence-corrected chi connectivity index (χ4v) is 3.75. The minimum atomic E-state index is -1.14. The number of hydrogen-bond donors (Lipinski definition) is 1. The molecule has 0 spiro atoms. The molecule has 4 rings (SSSR count). The Bertz CT molecular complexity index is 986. The summed E-state index contributed by atoms with van der Waals surface area (Å²) in [5.41, 5.74) is 4.46. The number of benzene rings is 2. The van der Waals surface area contributed by atoms with Crippen molar-refractivity contribution in [2.24, 2.45) is 0 Å². The van der Waals surface area contributed by atoms with E-state index in [9.17, 15) is 14.7 Å². The van der Waals surface area contributed by atoms with E-state index in [1.165, 1.54) is 19.6 Å². The molecule has 0 saturated heterocycles. The van der Waals surface area contributed by atoms with Gasteiger partial charge in [-0.15, -0.1) is 0 Å². The van der Waals surface area contributed by atoms with Crippen LogP contribution in [0.3, 0.4) is 0 Å². The van der Waals surface area contributed by atoms with Crippen LogP contribution >= 0.6 is 0 Å². The number of aliphatic carboxylic acids is 1. The maximum atomic E-state index is 12.6. The van der Waals surface area contributed by atoms with E-state index < -0.39 is 18.1 Å². The standard InChI is InChI=1S/C22H20N2O5/c1-24(20(21(25)26)10-14-11-23-13-29-14)22(27)28-12-19-17-8-4-2-6-15(17)16-7-3-5-9-18(16)19/h2-9,11,13,19-20H,10,12H2,1H3,(H,25,26)/t20-/m0/s1. The number of rotatable bonds is 6. The van der Waals surface area contributed by atoms with Gasteiger partial charge in [0.25, 0.3) is 0 Å². The molecule has 0 bridgehead atoms. The van der Waals surface area contributed by atoms with E-state index in [-0.39, 0.29) is 18.9 Å². The van der Waals surface area contributed by atoms with Crippen molar-refractivity contribution < 1.29 is 23.8 Å². The van der Waals surface area contributed by atoms with Crippen LogP contribution in [0, 0.1) is 0 Å². The number of amides is 1. The molecule has 1 aliphatic rings.